The van der Waals surface area contributed by atoms with Gasteiger partial charge in [0.15, 0.2) is 0 Å². The Balaban J connectivity index is 0. The van der Waals surface area contributed by atoms with E-state index in [9.17, 15) is 61.5 Å². The van der Waals surface area contributed by atoms with Crippen molar-refractivity contribution in [2.45, 2.75) is 37.6 Å². The maximum Gasteiger partial charge on any atom is 0.516 e. The summed E-state index contributed by atoms with van der Waals surface area (Å²) in [6.07, 6.45) is -10.6. The van der Waals surface area contributed by atoms with Gasteiger partial charge in [0, 0.05) is 13.2 Å². The van der Waals surface area contributed by atoms with Crippen molar-refractivity contribution < 1.29 is 66.2 Å². The van der Waals surface area contributed by atoms with Crippen molar-refractivity contribution in [1.82, 2.24) is 9.62 Å². The van der Waals surface area contributed by atoms with E-state index in [1.807, 2.05) is 6.92 Å². The number of rotatable bonds is 8. The largest absolute Gasteiger partial charge is 0.516 e. The first-order valence-corrected chi connectivity index (χ1v) is 9.05. The molecule has 0 aliphatic heterocycles. The van der Waals surface area contributed by atoms with Gasteiger partial charge < -0.3 is 4.74 Å². The van der Waals surface area contributed by atoms with Gasteiger partial charge in [0.2, 0.25) is 0 Å². The van der Waals surface area contributed by atoms with Crippen molar-refractivity contribution in [3.63, 3.8) is 0 Å². The van der Waals surface area contributed by atoms with Gasteiger partial charge in [0.1, 0.15) is 0 Å². The molecule has 6 nitrogen and oxygen atoms in total. The first-order chi connectivity index (χ1) is 13.1. The molecule has 0 aromatic carbocycles. The number of amides is 1. The van der Waals surface area contributed by atoms with E-state index in [-0.39, 0.29) is 0 Å². The number of hydrogen-bond acceptors (Lipinski definition) is 5. The molecule has 182 valence electrons. The van der Waals surface area contributed by atoms with Gasteiger partial charge in [0.25, 0.3) is 0 Å². The summed E-state index contributed by atoms with van der Waals surface area (Å²) in [5.74, 6) is -9.90. The summed E-state index contributed by atoms with van der Waals surface area (Å²) >= 11 is 0. The Kier molecular flexibility index (Phi) is 11.5. The Hall–Kier alpha value is -1.43. The number of nitrogens with one attached hydrogen (secondary N) is 1. The zero-order chi connectivity index (χ0) is 24.6. The van der Waals surface area contributed by atoms with Crippen LogP contribution in [-0.4, -0.2) is 75.9 Å². The van der Waals surface area contributed by atoms with Crippen LogP contribution in [0.1, 0.15) is 13.8 Å². The van der Waals surface area contributed by atoms with Crippen molar-refractivity contribution in [1.29, 1.82) is 0 Å². The van der Waals surface area contributed by atoms with Crippen molar-refractivity contribution in [3.05, 3.63) is 0 Å². The maximum atomic E-state index is 12.1. The van der Waals surface area contributed by atoms with E-state index in [4.69, 9.17) is 4.74 Å². The van der Waals surface area contributed by atoms with Crippen molar-refractivity contribution in [2.24, 2.45) is 0 Å². The Labute approximate surface area is 163 Å². The Morgan fingerprint density at radius 2 is 1.40 bits per heavy atom. The molecule has 0 spiro atoms. The first-order valence-electron chi connectivity index (χ1n) is 7.57. The van der Waals surface area contributed by atoms with Crippen LogP contribution in [0, 0.1) is 0 Å². The number of halogens is 11. The Morgan fingerprint density at radius 3 is 1.70 bits per heavy atom. The van der Waals surface area contributed by atoms with Crippen LogP contribution in [0.15, 0.2) is 0 Å². The molecule has 1 N–H and O–H groups in total. The van der Waals surface area contributed by atoms with E-state index in [0.717, 1.165) is 0 Å². The number of sulfonamides is 1. The Morgan fingerprint density at radius 1 is 0.933 bits per heavy atom. The van der Waals surface area contributed by atoms with Crippen LogP contribution in [-0.2, 0) is 19.6 Å². The van der Waals surface area contributed by atoms with Gasteiger partial charge in [-0.25, -0.2) is 4.72 Å². The van der Waals surface area contributed by atoms with Crippen LogP contribution in [0.25, 0.3) is 0 Å². The number of carbonyl (C=O) groups excluding carboxylic acids is 1. The minimum atomic E-state index is -6.62. The van der Waals surface area contributed by atoms with Gasteiger partial charge in [-0.05, 0) is 13.5 Å². The predicted molar refractivity (Wildman–Crippen MR) is 78.8 cm³/mol. The lowest BCUT2D eigenvalue weighted by Gasteiger charge is -2.21. The molecule has 0 heterocycles. The van der Waals surface area contributed by atoms with Gasteiger partial charge in [-0.1, -0.05) is 6.92 Å². The summed E-state index contributed by atoms with van der Waals surface area (Å²) in [5, 5.41) is 0. The molecular weight excluding hydrogens is 477 g/mol. The number of hydrogen-bond donors (Lipinski definition) is 1. The molecule has 1 amide bonds. The molecule has 0 aromatic heterocycles. The number of nitrogens with zero attached hydrogens (tertiary/aromatic N) is 1. The van der Waals surface area contributed by atoms with E-state index in [2.05, 4.69) is 0 Å². The third-order valence-corrected chi connectivity index (χ3v) is 3.84. The summed E-state index contributed by atoms with van der Waals surface area (Å²) < 4.78 is 154. The topological polar surface area (TPSA) is 75.7 Å². The van der Waals surface area contributed by atoms with Gasteiger partial charge >= 0.3 is 39.7 Å². The van der Waals surface area contributed by atoms with Gasteiger partial charge in [-0.15, -0.1) is 0 Å². The van der Waals surface area contributed by atoms with Crippen LogP contribution in [0.3, 0.4) is 0 Å². The number of likely N-dealkylation sites (N-methyl/N-ethyl adjacent to an activating group) is 1. The molecule has 18 heteroatoms. The van der Waals surface area contributed by atoms with Crippen molar-refractivity contribution >= 4 is 15.9 Å². The summed E-state index contributed by atoms with van der Waals surface area (Å²) in [7, 11) is -6.62. The molecule has 0 aliphatic carbocycles. The standard InChI is InChI=1S/C8H16F3NO.C4HF8NO3S/c1-3-12(5-6-13-4-2)7-8(9,10)11;5-2(6,3(7,8)9)1(14)13-17(15,16)4(10,11)12/h3-7H2,1-2H3;(H,13,14). The van der Waals surface area contributed by atoms with E-state index in [1.165, 1.54) is 4.90 Å². The minimum absolute atomic E-state index is 0.337. The molecule has 0 bridgehead atoms. The molecule has 30 heavy (non-hydrogen) atoms. The van der Waals surface area contributed by atoms with Gasteiger partial charge in [-0.2, -0.15) is 56.7 Å². The highest BCUT2D eigenvalue weighted by molar-refractivity contribution is 7.90. The second kappa shape index (κ2) is 11.3. The normalized spacial score (nSPS) is 13.7. The molecule has 0 atom stereocenters. The fourth-order valence-corrected chi connectivity index (χ4v) is 1.80. The second-order valence-corrected chi connectivity index (χ2v) is 6.81. The van der Waals surface area contributed by atoms with Gasteiger partial charge in [0.05, 0.1) is 13.2 Å². The molecule has 0 unspecified atom stereocenters. The van der Waals surface area contributed by atoms with E-state index < -0.39 is 51.0 Å². The number of ether oxygens (including phenoxy) is 1. The Bertz CT molecular complexity index is 630. The maximum absolute atomic E-state index is 12.1. The SMILES string of the molecule is CCOCCN(CC)CC(F)(F)F.O=C(NS(=O)(=O)C(F)(F)F)C(F)(F)C(F)(F)F. The predicted octanol–water partition coefficient (Wildman–Crippen LogP) is 3.06. The smallest absolute Gasteiger partial charge is 0.380 e. The molecule has 0 aromatic rings. The number of alkyl halides is 11. The van der Waals surface area contributed by atoms with Crippen LogP contribution in [0.5, 0.6) is 0 Å². The van der Waals surface area contributed by atoms with E-state index in [0.29, 0.717) is 26.3 Å². The second-order valence-electron chi connectivity index (χ2n) is 5.13. The molecule has 0 saturated carbocycles. The first kappa shape index (κ1) is 30.8. The quantitative estimate of drug-likeness (QED) is 0.415. The van der Waals surface area contributed by atoms with E-state index in [1.54, 1.807) is 6.92 Å². The van der Waals surface area contributed by atoms with Crippen LogP contribution in [0.4, 0.5) is 48.3 Å². The molecule has 0 saturated heterocycles. The fourth-order valence-electron chi connectivity index (χ4n) is 1.31. The summed E-state index contributed by atoms with van der Waals surface area (Å²) in [6, 6.07) is 0. The van der Waals surface area contributed by atoms with Crippen LogP contribution < -0.4 is 4.72 Å². The monoisotopic (exact) mass is 494 g/mol. The molecular formula is C12H17F11N2O4S. The molecule has 0 fully saturated rings. The third kappa shape index (κ3) is 11.1. The zero-order valence-electron chi connectivity index (χ0n) is 15.2. The lowest BCUT2D eigenvalue weighted by atomic mass is 10.3. The highest BCUT2D eigenvalue weighted by Crippen LogP contribution is 2.36. The summed E-state index contributed by atoms with van der Waals surface area (Å²) in [6.45, 7) is 4.31. The molecule has 0 radical (unpaired) electrons. The fraction of sp³-hybridized carbons (Fsp3) is 0.917. The van der Waals surface area contributed by atoms with Gasteiger partial charge in [-0.3, -0.25) is 9.69 Å². The highest BCUT2D eigenvalue weighted by Gasteiger charge is 2.65. The third-order valence-electron chi connectivity index (χ3n) is 2.78. The van der Waals surface area contributed by atoms with Crippen molar-refractivity contribution in [2.75, 3.05) is 32.8 Å². The zero-order valence-corrected chi connectivity index (χ0v) is 16.0. The average Bonchev–Trinajstić information content (AvgIpc) is 2.50. The lowest BCUT2D eigenvalue weighted by Crippen LogP contribution is -2.54. The van der Waals surface area contributed by atoms with E-state index >= 15 is 0 Å². The molecule has 0 rings (SSSR count). The summed E-state index contributed by atoms with van der Waals surface area (Å²) in [4.78, 5) is 11.4. The highest BCUT2D eigenvalue weighted by atomic mass is 32.2. The van der Waals surface area contributed by atoms with Crippen LogP contribution >= 0.6 is 0 Å². The average molecular weight is 494 g/mol. The minimum Gasteiger partial charge on any atom is -0.380 e. The van der Waals surface area contributed by atoms with Crippen LogP contribution in [0.2, 0.25) is 0 Å². The molecule has 0 aliphatic rings. The van der Waals surface area contributed by atoms with Crippen molar-refractivity contribution in [3.8, 4) is 0 Å². The summed E-state index contributed by atoms with van der Waals surface area (Å²) in [5.41, 5.74) is -6.19. The number of carbonyl (C=O) groups is 1. The lowest BCUT2D eigenvalue weighted by molar-refractivity contribution is -0.269.